The minimum atomic E-state index is 0.351. The van der Waals surface area contributed by atoms with Gasteiger partial charge in [0.05, 0.1) is 0 Å². The first kappa shape index (κ1) is 20.1. The number of rotatable bonds is 3. The summed E-state index contributed by atoms with van der Waals surface area (Å²) in [6, 6.07) is 0. The van der Waals surface area contributed by atoms with Crippen LogP contribution in [0.1, 0.15) is 82.1 Å². The summed E-state index contributed by atoms with van der Waals surface area (Å²) >= 11 is 0. The fourth-order valence-electron chi connectivity index (χ4n) is 1.20. The largest absolute Gasteiger partial charge is 0.0854 e. The minimum absolute atomic E-state index is 0.351. The van der Waals surface area contributed by atoms with Crippen LogP contribution >= 0.6 is 0 Å². The fraction of sp³-hybridized carbons (Fsp3) is 0.889. The van der Waals surface area contributed by atoms with E-state index in [1.54, 1.807) is 0 Å². The van der Waals surface area contributed by atoms with Gasteiger partial charge in [-0.25, -0.2) is 0 Å². The Kier molecular flexibility index (Phi) is 9.78. The highest BCUT2D eigenvalue weighted by Crippen LogP contribution is 2.22. The van der Waals surface area contributed by atoms with Crippen molar-refractivity contribution in [3.63, 3.8) is 0 Å². The molecule has 0 rings (SSSR count). The molecule has 0 aromatic carbocycles. The number of allylic oxidation sites excluding steroid dienone is 2. The van der Waals surface area contributed by atoms with Crippen molar-refractivity contribution in [2.45, 2.75) is 82.1 Å². The van der Waals surface area contributed by atoms with Gasteiger partial charge in [-0.05, 0) is 29.1 Å². The number of hydrogen-bond donors (Lipinski definition) is 0. The van der Waals surface area contributed by atoms with Gasteiger partial charge in [0.2, 0.25) is 0 Å². The Bertz CT molecular complexity index is 205. The lowest BCUT2D eigenvalue weighted by Gasteiger charge is -2.18. The topological polar surface area (TPSA) is 0 Å². The lowest BCUT2D eigenvalue weighted by Crippen LogP contribution is -2.05. The van der Waals surface area contributed by atoms with Gasteiger partial charge >= 0.3 is 0 Å². The van der Waals surface area contributed by atoms with Crippen molar-refractivity contribution in [2.24, 2.45) is 22.7 Å². The zero-order valence-electron chi connectivity index (χ0n) is 14.7. The van der Waals surface area contributed by atoms with Crippen molar-refractivity contribution in [1.29, 1.82) is 0 Å². The Morgan fingerprint density at radius 3 is 1.39 bits per heavy atom. The molecule has 0 aromatic rings. The van der Waals surface area contributed by atoms with Crippen LogP contribution in [0.2, 0.25) is 0 Å². The van der Waals surface area contributed by atoms with Gasteiger partial charge in [-0.1, -0.05) is 87.8 Å². The third kappa shape index (κ3) is 24.8. The third-order valence-electron chi connectivity index (χ3n) is 2.45. The molecule has 0 saturated carbocycles. The summed E-state index contributed by atoms with van der Waals surface area (Å²) in [6.07, 6.45) is 7.23. The second-order valence-electron chi connectivity index (χ2n) is 8.46. The van der Waals surface area contributed by atoms with Gasteiger partial charge in [0.15, 0.2) is 0 Å². The van der Waals surface area contributed by atoms with Crippen molar-refractivity contribution in [3.05, 3.63) is 12.2 Å². The van der Waals surface area contributed by atoms with Crippen molar-refractivity contribution in [2.75, 3.05) is 0 Å². The van der Waals surface area contributed by atoms with E-state index in [2.05, 4.69) is 81.4 Å². The van der Waals surface area contributed by atoms with E-state index in [4.69, 9.17) is 0 Å². The Hall–Kier alpha value is -0.260. The molecule has 0 aromatic heterocycles. The summed E-state index contributed by atoms with van der Waals surface area (Å²) in [7, 11) is 0. The van der Waals surface area contributed by atoms with Gasteiger partial charge in [0, 0.05) is 0 Å². The zero-order chi connectivity index (χ0) is 15.0. The van der Waals surface area contributed by atoms with Crippen LogP contribution in [0.5, 0.6) is 0 Å². The summed E-state index contributed by atoms with van der Waals surface area (Å²) in [5.74, 6) is 1.55. The molecule has 0 nitrogen and oxygen atoms in total. The van der Waals surface area contributed by atoms with E-state index in [1.807, 2.05) is 0 Å². The highest BCUT2D eigenvalue weighted by molar-refractivity contribution is 4.93. The molecular formula is C18H38. The third-order valence-corrected chi connectivity index (χ3v) is 2.45. The Morgan fingerprint density at radius 1 is 0.833 bits per heavy atom. The minimum Gasteiger partial charge on any atom is -0.0854 e. The molecule has 0 saturated heterocycles. The highest BCUT2D eigenvalue weighted by Gasteiger charge is 2.09. The average Bonchev–Trinajstić information content (AvgIpc) is 2.10. The van der Waals surface area contributed by atoms with Crippen LogP contribution in [-0.2, 0) is 0 Å². The Balaban J connectivity index is 0. The van der Waals surface area contributed by atoms with Crippen LogP contribution in [0, 0.1) is 22.7 Å². The molecule has 0 bridgehead atoms. The molecular weight excluding hydrogens is 216 g/mol. The SMILES string of the molecule is CC(C)/C=C\C(C)(C)C.CC(C)CCC(C)(C)C. The summed E-state index contributed by atoms with van der Waals surface area (Å²) < 4.78 is 0. The van der Waals surface area contributed by atoms with E-state index in [0.29, 0.717) is 16.7 Å². The molecule has 110 valence electrons. The molecule has 0 heteroatoms. The molecule has 0 aliphatic carbocycles. The maximum absolute atomic E-state index is 2.30. The fourth-order valence-corrected chi connectivity index (χ4v) is 1.20. The summed E-state index contributed by atoms with van der Waals surface area (Å²) in [5.41, 5.74) is 0.883. The van der Waals surface area contributed by atoms with Crippen molar-refractivity contribution in [3.8, 4) is 0 Å². The second kappa shape index (κ2) is 8.77. The maximum atomic E-state index is 2.30. The van der Waals surface area contributed by atoms with Gasteiger partial charge in [-0.15, -0.1) is 0 Å². The van der Waals surface area contributed by atoms with Gasteiger partial charge in [-0.3, -0.25) is 0 Å². The molecule has 0 amide bonds. The second-order valence-corrected chi connectivity index (χ2v) is 8.46. The van der Waals surface area contributed by atoms with E-state index in [0.717, 1.165) is 5.92 Å². The van der Waals surface area contributed by atoms with Crippen LogP contribution in [-0.4, -0.2) is 0 Å². The maximum Gasteiger partial charge on any atom is -0.0203 e. The molecule has 0 radical (unpaired) electrons. The quantitative estimate of drug-likeness (QED) is 0.491. The molecule has 0 N–H and O–H groups in total. The van der Waals surface area contributed by atoms with E-state index in [9.17, 15) is 0 Å². The molecule has 0 aliphatic heterocycles. The smallest absolute Gasteiger partial charge is 0.0203 e. The molecule has 18 heavy (non-hydrogen) atoms. The molecule has 0 unspecified atom stereocenters. The van der Waals surface area contributed by atoms with Crippen molar-refractivity contribution >= 4 is 0 Å². The molecule has 0 heterocycles. The highest BCUT2D eigenvalue weighted by atomic mass is 14.2. The van der Waals surface area contributed by atoms with Gasteiger partial charge < -0.3 is 0 Å². The predicted octanol–water partition coefficient (Wildman–Crippen LogP) is 6.71. The van der Waals surface area contributed by atoms with E-state index in [-0.39, 0.29) is 0 Å². The first-order valence-electron chi connectivity index (χ1n) is 7.53. The normalized spacial score (nSPS) is 13.1. The summed E-state index contributed by atoms with van der Waals surface area (Å²) in [5, 5.41) is 0. The van der Waals surface area contributed by atoms with Crippen molar-refractivity contribution < 1.29 is 0 Å². The standard InChI is InChI=1S/C9H20.C9H18/c2*1-8(2)6-7-9(3,4)5/h8H,6-7H2,1-5H3;6-8H,1-5H3/b;7-6-. The van der Waals surface area contributed by atoms with Crippen LogP contribution in [0.25, 0.3) is 0 Å². The first-order chi connectivity index (χ1) is 7.83. The van der Waals surface area contributed by atoms with E-state index >= 15 is 0 Å². The molecule has 0 fully saturated rings. The average molecular weight is 255 g/mol. The van der Waals surface area contributed by atoms with E-state index in [1.165, 1.54) is 12.8 Å². The molecule has 0 atom stereocenters. The van der Waals surface area contributed by atoms with Crippen LogP contribution in [0.15, 0.2) is 12.2 Å². The first-order valence-corrected chi connectivity index (χ1v) is 7.53. The molecule has 0 aliphatic rings. The van der Waals surface area contributed by atoms with Crippen LogP contribution < -0.4 is 0 Å². The van der Waals surface area contributed by atoms with E-state index < -0.39 is 0 Å². The summed E-state index contributed by atoms with van der Waals surface area (Å²) in [6.45, 7) is 22.5. The number of hydrogen-bond acceptors (Lipinski definition) is 0. The Labute approximate surface area is 117 Å². The van der Waals surface area contributed by atoms with Gasteiger partial charge in [0.25, 0.3) is 0 Å². The summed E-state index contributed by atoms with van der Waals surface area (Å²) in [4.78, 5) is 0. The van der Waals surface area contributed by atoms with Gasteiger partial charge in [0.1, 0.15) is 0 Å². The Morgan fingerprint density at radius 2 is 1.28 bits per heavy atom. The molecule has 0 spiro atoms. The van der Waals surface area contributed by atoms with Crippen LogP contribution in [0.4, 0.5) is 0 Å². The van der Waals surface area contributed by atoms with Gasteiger partial charge in [-0.2, -0.15) is 0 Å². The predicted molar refractivity (Wildman–Crippen MR) is 87.0 cm³/mol. The zero-order valence-corrected chi connectivity index (χ0v) is 14.7. The van der Waals surface area contributed by atoms with Crippen molar-refractivity contribution in [1.82, 2.24) is 0 Å². The lowest BCUT2D eigenvalue weighted by molar-refractivity contribution is 0.338. The monoisotopic (exact) mass is 254 g/mol. The lowest BCUT2D eigenvalue weighted by atomic mass is 9.88. The van der Waals surface area contributed by atoms with Crippen LogP contribution in [0.3, 0.4) is 0 Å².